The van der Waals surface area contributed by atoms with Crippen LogP contribution in [0, 0.1) is 11.8 Å². The van der Waals surface area contributed by atoms with Crippen molar-refractivity contribution in [2.24, 2.45) is 11.8 Å². The molecular weight excluding hydrogens is 243 g/mol. The van der Waals surface area contributed by atoms with Gasteiger partial charge in [0.2, 0.25) is 0 Å². The fourth-order valence-electron chi connectivity index (χ4n) is 1.88. The van der Waals surface area contributed by atoms with Crippen LogP contribution in [-0.4, -0.2) is 19.5 Å². The van der Waals surface area contributed by atoms with Crippen molar-refractivity contribution in [2.75, 3.05) is 13.2 Å². The van der Waals surface area contributed by atoms with Crippen LogP contribution >= 0.6 is 0 Å². The molecule has 0 aromatic heterocycles. The molecule has 1 unspecified atom stereocenters. The van der Waals surface area contributed by atoms with Crippen molar-refractivity contribution >= 4 is 0 Å². The van der Waals surface area contributed by atoms with Crippen LogP contribution in [0.3, 0.4) is 0 Å². The largest absolute Gasteiger partial charge is 0.353 e. The van der Waals surface area contributed by atoms with Crippen LogP contribution in [0.25, 0.3) is 0 Å². The number of halogens is 1. The summed E-state index contributed by atoms with van der Waals surface area (Å²) in [5.41, 5.74) is 0.966. The average molecular weight is 274 g/mol. The van der Waals surface area contributed by atoms with Gasteiger partial charge in [0, 0.05) is 12.3 Å². The van der Waals surface area contributed by atoms with Crippen molar-refractivity contribution in [2.45, 2.75) is 67.1 Å². The first-order chi connectivity index (χ1) is 8.99. The summed E-state index contributed by atoms with van der Waals surface area (Å²) in [4.78, 5) is 0. The second-order valence-electron chi connectivity index (χ2n) is 5.37. The lowest BCUT2D eigenvalue weighted by molar-refractivity contribution is -0.187. The first-order valence-corrected chi connectivity index (χ1v) is 7.56. The minimum Gasteiger partial charge on any atom is -0.353 e. The Bertz CT molecular complexity index is 245. The molecule has 1 heterocycles. The molecular formula is C16H31FO2. The predicted molar refractivity (Wildman–Crippen MR) is 78.7 cm³/mol. The van der Waals surface area contributed by atoms with E-state index in [4.69, 9.17) is 9.47 Å². The van der Waals surface area contributed by atoms with Gasteiger partial charge >= 0.3 is 0 Å². The van der Waals surface area contributed by atoms with Crippen molar-refractivity contribution in [3.05, 3.63) is 11.4 Å². The van der Waals surface area contributed by atoms with E-state index in [2.05, 4.69) is 13.8 Å². The molecule has 2 nitrogen and oxygen atoms in total. The molecule has 2 rings (SSSR count). The third-order valence-electron chi connectivity index (χ3n) is 3.23. The second kappa shape index (κ2) is 10.4. The summed E-state index contributed by atoms with van der Waals surface area (Å²) >= 11 is 0. The van der Waals surface area contributed by atoms with Gasteiger partial charge in [0.25, 0.3) is 0 Å². The van der Waals surface area contributed by atoms with Crippen LogP contribution in [0.2, 0.25) is 0 Å². The van der Waals surface area contributed by atoms with Gasteiger partial charge in [-0.1, -0.05) is 27.7 Å². The quantitative estimate of drug-likeness (QED) is 0.612. The van der Waals surface area contributed by atoms with Crippen molar-refractivity contribution in [1.82, 2.24) is 0 Å². The maximum atomic E-state index is 12.7. The highest BCUT2D eigenvalue weighted by molar-refractivity contribution is 5.08. The van der Waals surface area contributed by atoms with Crippen LogP contribution < -0.4 is 0 Å². The zero-order valence-corrected chi connectivity index (χ0v) is 13.5. The summed E-state index contributed by atoms with van der Waals surface area (Å²) in [6, 6.07) is 0. The zero-order chi connectivity index (χ0) is 14.8. The number of rotatable bonds is 0. The number of allylic oxidation sites excluding steroid dienone is 2. The summed E-state index contributed by atoms with van der Waals surface area (Å²) < 4.78 is 23.0. The van der Waals surface area contributed by atoms with Crippen LogP contribution in [-0.2, 0) is 9.47 Å². The first-order valence-electron chi connectivity index (χ1n) is 7.56. The molecule has 1 aliphatic heterocycles. The van der Waals surface area contributed by atoms with E-state index in [0.717, 1.165) is 25.2 Å². The summed E-state index contributed by atoms with van der Waals surface area (Å²) in [5.74, 6) is 1.27. The highest BCUT2D eigenvalue weighted by atomic mass is 19.1. The minimum absolute atomic E-state index is 0.0196. The number of ether oxygens (including phenoxy) is 2. The van der Waals surface area contributed by atoms with Crippen molar-refractivity contribution in [1.29, 1.82) is 0 Å². The summed E-state index contributed by atoms with van der Waals surface area (Å²) in [6.45, 7) is 13.7. The molecule has 0 aromatic rings. The topological polar surface area (TPSA) is 18.5 Å². The molecule has 19 heavy (non-hydrogen) atoms. The maximum Gasteiger partial charge on any atom is 0.154 e. The Hall–Kier alpha value is -0.410. The van der Waals surface area contributed by atoms with Gasteiger partial charge in [0.05, 0.1) is 19.0 Å². The van der Waals surface area contributed by atoms with Crippen LogP contribution in [0.5, 0.6) is 0 Å². The van der Waals surface area contributed by atoms with E-state index < -0.39 is 0 Å². The molecule has 1 aliphatic carbocycles. The summed E-state index contributed by atoms with van der Waals surface area (Å²) in [6.07, 6.45) is 2.82. The third-order valence-corrected chi connectivity index (χ3v) is 3.23. The van der Waals surface area contributed by atoms with E-state index in [1.807, 2.05) is 27.7 Å². The summed E-state index contributed by atoms with van der Waals surface area (Å²) in [5, 5.41) is 0. The van der Waals surface area contributed by atoms with E-state index in [0.29, 0.717) is 18.3 Å². The van der Waals surface area contributed by atoms with Gasteiger partial charge in [0.1, 0.15) is 0 Å². The van der Waals surface area contributed by atoms with Crippen molar-refractivity contribution in [3.63, 3.8) is 0 Å². The molecule has 0 spiro atoms. The predicted octanol–water partition coefficient (Wildman–Crippen LogP) is 5.09. The third kappa shape index (κ3) is 8.38. The molecule has 1 atom stereocenters. The Morgan fingerprint density at radius 3 is 1.89 bits per heavy atom. The molecule has 0 N–H and O–H groups in total. The Morgan fingerprint density at radius 1 is 1.00 bits per heavy atom. The molecule has 0 aromatic carbocycles. The van der Waals surface area contributed by atoms with Crippen molar-refractivity contribution in [3.8, 4) is 0 Å². The summed E-state index contributed by atoms with van der Waals surface area (Å²) in [7, 11) is 0. The molecule has 2 aliphatic rings. The number of hydrogen-bond donors (Lipinski definition) is 0. The lowest BCUT2D eigenvalue weighted by Gasteiger charge is -2.24. The Labute approximate surface area is 118 Å². The molecule has 0 amide bonds. The number of hydrogen-bond acceptors (Lipinski definition) is 2. The van der Waals surface area contributed by atoms with Gasteiger partial charge in [-0.2, -0.15) is 0 Å². The fourth-order valence-corrected chi connectivity index (χ4v) is 1.88. The highest BCUT2D eigenvalue weighted by Gasteiger charge is 2.14. The van der Waals surface area contributed by atoms with E-state index in [9.17, 15) is 4.39 Å². The van der Waals surface area contributed by atoms with Crippen LogP contribution in [0.15, 0.2) is 11.4 Å². The smallest absolute Gasteiger partial charge is 0.154 e. The van der Waals surface area contributed by atoms with Crippen molar-refractivity contribution < 1.29 is 13.9 Å². The first kappa shape index (κ1) is 18.6. The maximum absolute atomic E-state index is 12.7. The lowest BCUT2D eigenvalue weighted by atomic mass is 9.91. The Balaban J connectivity index is 0.000000303. The van der Waals surface area contributed by atoms with E-state index in [1.54, 1.807) is 0 Å². The molecule has 0 saturated carbocycles. The van der Waals surface area contributed by atoms with Gasteiger partial charge in [-0.15, -0.1) is 0 Å². The molecule has 114 valence electrons. The van der Waals surface area contributed by atoms with Crippen LogP contribution in [0.4, 0.5) is 4.39 Å². The average Bonchev–Trinajstić information content (AvgIpc) is 2.41. The zero-order valence-electron chi connectivity index (χ0n) is 13.5. The van der Waals surface area contributed by atoms with Gasteiger partial charge < -0.3 is 9.47 Å². The molecule has 1 saturated heterocycles. The van der Waals surface area contributed by atoms with Gasteiger partial charge in [-0.05, 0) is 38.2 Å². The SMILES string of the molecule is CC.CC1=C(F)CC(C)CC1.CC1COC(C)OC1. The van der Waals surface area contributed by atoms with E-state index in [1.165, 1.54) is 6.42 Å². The fraction of sp³-hybridized carbons (Fsp3) is 0.875. The minimum atomic E-state index is 0.0196. The molecule has 1 fully saturated rings. The standard InChI is InChI=1S/C8H13F.C6H12O2.C2H6/c1-6-3-4-7(2)8(9)5-6;1-5-3-7-6(2)8-4-5;1-2/h6H,3-5H2,1-2H3;5-6H,3-4H2,1-2H3;1-2H3. The normalized spacial score (nSPS) is 30.8. The Morgan fingerprint density at radius 2 is 1.53 bits per heavy atom. The Kier molecular flexibility index (Phi) is 10.2. The van der Waals surface area contributed by atoms with Gasteiger partial charge in [0.15, 0.2) is 6.29 Å². The van der Waals surface area contributed by atoms with E-state index >= 15 is 0 Å². The molecule has 0 radical (unpaired) electrons. The molecule has 3 heteroatoms. The van der Waals surface area contributed by atoms with Crippen LogP contribution in [0.1, 0.15) is 60.8 Å². The monoisotopic (exact) mass is 274 g/mol. The van der Waals surface area contributed by atoms with Gasteiger partial charge in [-0.3, -0.25) is 0 Å². The lowest BCUT2D eigenvalue weighted by Crippen LogP contribution is -2.27. The molecule has 0 bridgehead atoms. The van der Waals surface area contributed by atoms with E-state index in [-0.39, 0.29) is 12.1 Å². The second-order valence-corrected chi connectivity index (χ2v) is 5.37. The highest BCUT2D eigenvalue weighted by Crippen LogP contribution is 2.28. The van der Waals surface area contributed by atoms with Gasteiger partial charge in [-0.25, -0.2) is 4.39 Å².